The Kier molecular flexibility index (Phi) is 5.41. The number of hydrogen-bond acceptors (Lipinski definition) is 4. The van der Waals surface area contributed by atoms with E-state index in [2.05, 4.69) is 20.8 Å². The smallest absolute Gasteiger partial charge is 0.353 e. The minimum Gasteiger partial charge on any atom is -0.353 e. The van der Waals surface area contributed by atoms with Gasteiger partial charge in [-0.05, 0) is 37.3 Å². The van der Waals surface area contributed by atoms with Crippen molar-refractivity contribution in [1.82, 2.24) is 15.5 Å². The molecule has 0 amide bonds. The molecule has 0 saturated heterocycles. The molecule has 0 fully saturated rings. The minimum atomic E-state index is -4.41. The number of alkyl halides is 3. The van der Waals surface area contributed by atoms with Crippen LogP contribution in [0.3, 0.4) is 0 Å². The summed E-state index contributed by atoms with van der Waals surface area (Å²) in [5.74, 6) is 0.752. The van der Waals surface area contributed by atoms with Crippen LogP contribution in [0, 0.1) is 6.92 Å². The van der Waals surface area contributed by atoms with Crippen LogP contribution in [0.25, 0.3) is 11.4 Å². The van der Waals surface area contributed by atoms with E-state index in [9.17, 15) is 13.2 Å². The number of thiocarbonyl (C=S) groups is 1. The van der Waals surface area contributed by atoms with Crippen LogP contribution >= 0.6 is 12.2 Å². The fourth-order valence-corrected chi connectivity index (χ4v) is 2.44. The molecule has 1 aromatic heterocycles. The summed E-state index contributed by atoms with van der Waals surface area (Å²) in [6.07, 6.45) is -4.41. The molecule has 0 atom stereocenters. The van der Waals surface area contributed by atoms with Crippen LogP contribution in [0.15, 0.2) is 53.1 Å². The molecule has 0 aliphatic rings. The third-order valence-corrected chi connectivity index (χ3v) is 3.87. The summed E-state index contributed by atoms with van der Waals surface area (Å²) in [4.78, 5) is 4.26. The van der Waals surface area contributed by atoms with Crippen molar-refractivity contribution in [2.45, 2.75) is 19.6 Å². The Bertz CT molecular complexity index is 938. The Morgan fingerprint density at radius 1 is 1.15 bits per heavy atom. The van der Waals surface area contributed by atoms with Gasteiger partial charge in [-0.1, -0.05) is 41.1 Å². The lowest BCUT2D eigenvalue weighted by Crippen LogP contribution is -2.28. The summed E-state index contributed by atoms with van der Waals surface area (Å²) < 4.78 is 43.4. The second-order valence-corrected chi connectivity index (χ2v) is 6.17. The third kappa shape index (κ3) is 5.04. The largest absolute Gasteiger partial charge is 0.416 e. The number of benzene rings is 2. The predicted molar refractivity (Wildman–Crippen MR) is 99.0 cm³/mol. The van der Waals surface area contributed by atoms with Crippen molar-refractivity contribution in [2.75, 3.05) is 5.32 Å². The van der Waals surface area contributed by atoms with Crippen LogP contribution in [0.4, 0.5) is 18.9 Å². The Morgan fingerprint density at radius 2 is 1.89 bits per heavy atom. The number of aryl methyl sites for hydroxylation is 1. The molecule has 3 aromatic rings. The Labute approximate surface area is 158 Å². The van der Waals surface area contributed by atoms with Crippen LogP contribution in [-0.4, -0.2) is 15.3 Å². The van der Waals surface area contributed by atoms with E-state index in [-0.39, 0.29) is 17.3 Å². The zero-order valence-corrected chi connectivity index (χ0v) is 15.0. The van der Waals surface area contributed by atoms with Gasteiger partial charge < -0.3 is 15.2 Å². The lowest BCUT2D eigenvalue weighted by atomic mass is 10.1. The van der Waals surface area contributed by atoms with E-state index in [1.54, 1.807) is 0 Å². The highest BCUT2D eigenvalue weighted by Gasteiger charge is 2.30. The lowest BCUT2D eigenvalue weighted by molar-refractivity contribution is -0.137. The molecule has 2 aromatic carbocycles. The maximum atomic E-state index is 12.7. The van der Waals surface area contributed by atoms with E-state index in [4.69, 9.17) is 16.7 Å². The van der Waals surface area contributed by atoms with Gasteiger partial charge in [0.2, 0.25) is 11.7 Å². The van der Waals surface area contributed by atoms with Gasteiger partial charge in [0.15, 0.2) is 5.11 Å². The van der Waals surface area contributed by atoms with Crippen LogP contribution in [0.5, 0.6) is 0 Å². The number of nitrogens with one attached hydrogen (secondary N) is 2. The Balaban J connectivity index is 1.58. The molecule has 2 N–H and O–H groups in total. The molecule has 0 bridgehead atoms. The fraction of sp³-hybridized carbons (Fsp3) is 0.167. The topological polar surface area (TPSA) is 63.0 Å². The van der Waals surface area contributed by atoms with E-state index in [0.29, 0.717) is 11.7 Å². The van der Waals surface area contributed by atoms with Crippen LogP contribution in [0.1, 0.15) is 17.0 Å². The summed E-state index contributed by atoms with van der Waals surface area (Å²) in [5, 5.41) is 9.57. The number of halogens is 3. The van der Waals surface area contributed by atoms with Crippen molar-refractivity contribution in [3.8, 4) is 11.4 Å². The van der Waals surface area contributed by atoms with Crippen LogP contribution in [-0.2, 0) is 12.7 Å². The first-order chi connectivity index (χ1) is 12.8. The van der Waals surface area contributed by atoms with Crippen molar-refractivity contribution in [2.24, 2.45) is 0 Å². The van der Waals surface area contributed by atoms with Gasteiger partial charge in [0, 0.05) is 11.3 Å². The number of hydrogen-bond donors (Lipinski definition) is 2. The van der Waals surface area contributed by atoms with Crippen molar-refractivity contribution in [1.29, 1.82) is 0 Å². The molecule has 27 heavy (non-hydrogen) atoms. The molecule has 0 saturated carbocycles. The van der Waals surface area contributed by atoms with Gasteiger partial charge in [-0.2, -0.15) is 18.2 Å². The normalized spacial score (nSPS) is 11.3. The zero-order chi connectivity index (χ0) is 19.4. The number of rotatable bonds is 4. The van der Waals surface area contributed by atoms with Crippen molar-refractivity contribution < 1.29 is 17.7 Å². The zero-order valence-electron chi connectivity index (χ0n) is 14.2. The SMILES string of the molecule is Cc1ccc(-c2noc(CNC(=S)Nc3cccc(C(F)(F)F)c3)n2)cc1. The first-order valence-electron chi connectivity index (χ1n) is 7.93. The van der Waals surface area contributed by atoms with Gasteiger partial charge >= 0.3 is 6.18 Å². The van der Waals surface area contributed by atoms with Crippen LogP contribution < -0.4 is 10.6 Å². The molecule has 0 aliphatic heterocycles. The highest BCUT2D eigenvalue weighted by molar-refractivity contribution is 7.80. The van der Waals surface area contributed by atoms with Gasteiger partial charge in [0.25, 0.3) is 0 Å². The molecule has 3 rings (SSSR count). The van der Waals surface area contributed by atoms with E-state index < -0.39 is 11.7 Å². The third-order valence-electron chi connectivity index (χ3n) is 3.63. The van der Waals surface area contributed by atoms with Gasteiger partial charge in [0.05, 0.1) is 12.1 Å². The van der Waals surface area contributed by atoms with E-state index in [1.165, 1.54) is 12.1 Å². The van der Waals surface area contributed by atoms with Crippen LogP contribution in [0.2, 0.25) is 0 Å². The quantitative estimate of drug-likeness (QED) is 0.635. The molecule has 0 aliphatic carbocycles. The monoisotopic (exact) mass is 392 g/mol. The first-order valence-corrected chi connectivity index (χ1v) is 8.34. The van der Waals surface area contributed by atoms with Crippen molar-refractivity contribution in [3.05, 3.63) is 65.5 Å². The minimum absolute atomic E-state index is 0.143. The maximum absolute atomic E-state index is 12.7. The predicted octanol–water partition coefficient (Wildman–Crippen LogP) is 4.55. The average molecular weight is 392 g/mol. The molecular formula is C18H15F3N4OS. The maximum Gasteiger partial charge on any atom is 0.416 e. The highest BCUT2D eigenvalue weighted by atomic mass is 32.1. The highest BCUT2D eigenvalue weighted by Crippen LogP contribution is 2.30. The van der Waals surface area contributed by atoms with Gasteiger partial charge in [-0.25, -0.2) is 0 Å². The number of anilines is 1. The summed E-state index contributed by atoms with van der Waals surface area (Å²) >= 11 is 5.09. The Morgan fingerprint density at radius 3 is 2.59 bits per heavy atom. The van der Waals surface area contributed by atoms with E-state index >= 15 is 0 Å². The molecule has 0 unspecified atom stereocenters. The summed E-state index contributed by atoms with van der Waals surface area (Å²) in [6, 6.07) is 12.4. The molecule has 9 heteroatoms. The fourth-order valence-electron chi connectivity index (χ4n) is 2.25. The first kappa shape index (κ1) is 18.8. The number of nitrogens with zero attached hydrogens (tertiary/aromatic N) is 2. The Hall–Kier alpha value is -2.94. The van der Waals surface area contributed by atoms with Gasteiger partial charge in [-0.15, -0.1) is 0 Å². The van der Waals surface area contributed by atoms with Gasteiger partial charge in [0.1, 0.15) is 0 Å². The molecule has 140 valence electrons. The second-order valence-electron chi connectivity index (χ2n) is 5.76. The van der Waals surface area contributed by atoms with Gasteiger partial charge in [-0.3, -0.25) is 0 Å². The summed E-state index contributed by atoms with van der Waals surface area (Å²) in [6.45, 7) is 2.12. The second kappa shape index (κ2) is 7.75. The molecule has 0 spiro atoms. The number of aromatic nitrogens is 2. The summed E-state index contributed by atoms with van der Waals surface area (Å²) in [5.41, 5.74) is 1.42. The van der Waals surface area contributed by atoms with E-state index in [1.807, 2.05) is 31.2 Å². The lowest BCUT2D eigenvalue weighted by Gasteiger charge is -2.11. The molecule has 0 radical (unpaired) electrons. The molecule has 1 heterocycles. The van der Waals surface area contributed by atoms with E-state index in [0.717, 1.165) is 23.3 Å². The average Bonchev–Trinajstić information content (AvgIpc) is 3.09. The van der Waals surface area contributed by atoms with Crippen molar-refractivity contribution in [3.63, 3.8) is 0 Å². The van der Waals surface area contributed by atoms with Crippen molar-refractivity contribution >= 4 is 23.0 Å². The summed E-state index contributed by atoms with van der Waals surface area (Å²) in [7, 11) is 0. The molecule has 5 nitrogen and oxygen atoms in total. The standard InChI is InChI=1S/C18H15F3N4OS/c1-11-5-7-12(8-6-11)16-24-15(26-25-16)10-22-17(27)23-14-4-2-3-13(9-14)18(19,20)21/h2-9H,10H2,1H3,(H2,22,23,27). The molecular weight excluding hydrogens is 377 g/mol.